The van der Waals surface area contributed by atoms with Crippen LogP contribution in [0.2, 0.25) is 0 Å². The second-order valence-electron chi connectivity index (χ2n) is 3.19. The molecule has 2 atom stereocenters. The summed E-state index contributed by atoms with van der Waals surface area (Å²) >= 11 is 0. The molecule has 0 unspecified atom stereocenters. The molecule has 0 aliphatic carbocycles. The summed E-state index contributed by atoms with van der Waals surface area (Å²) in [5.41, 5.74) is 0. The number of furan rings is 1. The van der Waals surface area contributed by atoms with E-state index in [1.807, 2.05) is 6.92 Å². The third-order valence-electron chi connectivity index (χ3n) is 2.26. The Morgan fingerprint density at radius 1 is 1.73 bits per heavy atom. The lowest BCUT2D eigenvalue weighted by atomic mass is 9.98. The van der Waals surface area contributed by atoms with Gasteiger partial charge in [-0.15, -0.1) is 6.58 Å². The Morgan fingerprint density at radius 3 is 2.80 bits per heavy atom. The highest BCUT2D eigenvalue weighted by Crippen LogP contribution is 2.28. The van der Waals surface area contributed by atoms with Gasteiger partial charge in [-0.3, -0.25) is 10.1 Å². The summed E-state index contributed by atoms with van der Waals surface area (Å²) in [6.07, 6.45) is 1.43. The summed E-state index contributed by atoms with van der Waals surface area (Å²) in [4.78, 5) is 9.72. The van der Waals surface area contributed by atoms with Gasteiger partial charge in [0.25, 0.3) is 0 Å². The maximum atomic E-state index is 10.4. The molecule has 0 aromatic carbocycles. The molecule has 0 fully saturated rings. The molecule has 1 N–H and O–H groups in total. The van der Waals surface area contributed by atoms with Crippen LogP contribution in [-0.4, -0.2) is 10.0 Å². The molecule has 0 aliphatic heterocycles. The fraction of sp³-hybridized carbons (Fsp3) is 0.400. The summed E-state index contributed by atoms with van der Waals surface area (Å²) in [5, 5.41) is 20.1. The quantitative estimate of drug-likeness (QED) is 0.461. The molecule has 0 spiro atoms. The number of aliphatic hydroxyl groups is 1. The highest BCUT2D eigenvalue weighted by Gasteiger charge is 2.22. The first-order valence-electron chi connectivity index (χ1n) is 4.64. The normalized spacial score (nSPS) is 14.5. The molecular formula is C10H13NO4. The Labute approximate surface area is 87.2 Å². The van der Waals surface area contributed by atoms with E-state index in [9.17, 15) is 15.2 Å². The van der Waals surface area contributed by atoms with Crippen molar-refractivity contribution >= 4 is 5.88 Å². The van der Waals surface area contributed by atoms with E-state index in [1.54, 1.807) is 6.08 Å². The van der Waals surface area contributed by atoms with Gasteiger partial charge in [0.1, 0.15) is 16.8 Å². The van der Waals surface area contributed by atoms with Crippen LogP contribution < -0.4 is 0 Å². The molecule has 0 bridgehead atoms. The van der Waals surface area contributed by atoms with Crippen molar-refractivity contribution in [3.8, 4) is 0 Å². The topological polar surface area (TPSA) is 76.5 Å². The maximum absolute atomic E-state index is 10.4. The predicted molar refractivity (Wildman–Crippen MR) is 54.3 cm³/mol. The molecule has 1 heterocycles. The van der Waals surface area contributed by atoms with Gasteiger partial charge in [-0.25, -0.2) is 0 Å². The van der Waals surface area contributed by atoms with Gasteiger partial charge in [-0.2, -0.15) is 0 Å². The molecule has 0 aliphatic rings. The molecule has 0 radical (unpaired) electrons. The van der Waals surface area contributed by atoms with Crippen molar-refractivity contribution in [1.29, 1.82) is 0 Å². The number of nitro groups is 1. The van der Waals surface area contributed by atoms with Gasteiger partial charge in [-0.05, 0) is 12.5 Å². The number of nitrogens with zero attached hydrogens (tertiary/aromatic N) is 1. The van der Waals surface area contributed by atoms with Gasteiger partial charge in [0, 0.05) is 5.92 Å². The molecule has 82 valence electrons. The zero-order chi connectivity index (χ0) is 11.4. The van der Waals surface area contributed by atoms with Crippen LogP contribution in [0, 0.1) is 16.0 Å². The van der Waals surface area contributed by atoms with Crippen molar-refractivity contribution in [3.63, 3.8) is 0 Å². The Bertz CT molecular complexity index is 358. The molecule has 1 aromatic heterocycles. The molecule has 15 heavy (non-hydrogen) atoms. The number of rotatable bonds is 5. The second kappa shape index (κ2) is 4.75. The molecule has 1 aromatic rings. The van der Waals surface area contributed by atoms with Crippen LogP contribution in [0.5, 0.6) is 0 Å². The SMILES string of the molecule is C=C[C@H](CC)[C@H](O)c1ccc([N+](=O)[O-])o1. The Morgan fingerprint density at radius 2 is 2.40 bits per heavy atom. The predicted octanol–water partition coefficient (Wildman–Crippen LogP) is 2.43. The zero-order valence-corrected chi connectivity index (χ0v) is 8.42. The third-order valence-corrected chi connectivity index (χ3v) is 2.26. The summed E-state index contributed by atoms with van der Waals surface area (Å²) in [7, 11) is 0. The van der Waals surface area contributed by atoms with Gasteiger partial charge >= 0.3 is 5.88 Å². The number of hydrogen-bond donors (Lipinski definition) is 1. The van der Waals surface area contributed by atoms with Crippen molar-refractivity contribution in [2.45, 2.75) is 19.4 Å². The van der Waals surface area contributed by atoms with Gasteiger partial charge in [0.05, 0.1) is 6.07 Å². The second-order valence-corrected chi connectivity index (χ2v) is 3.19. The van der Waals surface area contributed by atoms with Gasteiger partial charge in [-0.1, -0.05) is 13.0 Å². The summed E-state index contributed by atoms with van der Waals surface area (Å²) in [5.74, 6) is -0.313. The summed E-state index contributed by atoms with van der Waals surface area (Å²) in [6, 6.07) is 2.64. The summed E-state index contributed by atoms with van der Waals surface area (Å²) < 4.78 is 4.89. The van der Waals surface area contributed by atoms with E-state index in [2.05, 4.69) is 6.58 Å². The molecule has 5 nitrogen and oxygen atoms in total. The van der Waals surface area contributed by atoms with E-state index in [0.717, 1.165) is 0 Å². The Kier molecular flexibility index (Phi) is 3.62. The monoisotopic (exact) mass is 211 g/mol. The first kappa shape index (κ1) is 11.5. The molecular weight excluding hydrogens is 198 g/mol. The minimum absolute atomic E-state index is 0.157. The van der Waals surface area contributed by atoms with Crippen LogP contribution in [0.3, 0.4) is 0 Å². The minimum atomic E-state index is -0.874. The average molecular weight is 211 g/mol. The molecule has 0 amide bonds. The van der Waals surface area contributed by atoms with Crippen LogP contribution in [0.4, 0.5) is 5.88 Å². The molecule has 0 saturated heterocycles. The third kappa shape index (κ3) is 2.44. The summed E-state index contributed by atoms with van der Waals surface area (Å²) in [6.45, 7) is 5.48. The van der Waals surface area contributed by atoms with Crippen molar-refractivity contribution in [1.82, 2.24) is 0 Å². The van der Waals surface area contributed by atoms with Crippen LogP contribution in [-0.2, 0) is 0 Å². The zero-order valence-electron chi connectivity index (χ0n) is 8.42. The number of hydrogen-bond acceptors (Lipinski definition) is 4. The Hall–Kier alpha value is -1.62. The lowest BCUT2D eigenvalue weighted by Crippen LogP contribution is -2.08. The van der Waals surface area contributed by atoms with Crippen LogP contribution in [0.1, 0.15) is 25.2 Å². The average Bonchev–Trinajstić information content (AvgIpc) is 2.68. The molecule has 1 rings (SSSR count). The van der Waals surface area contributed by atoms with E-state index in [4.69, 9.17) is 4.42 Å². The molecule has 0 saturated carbocycles. The van der Waals surface area contributed by atoms with Crippen molar-refractivity contribution < 1.29 is 14.4 Å². The largest absolute Gasteiger partial charge is 0.433 e. The minimum Gasteiger partial charge on any atom is -0.403 e. The van der Waals surface area contributed by atoms with E-state index in [-0.39, 0.29) is 17.6 Å². The highest BCUT2D eigenvalue weighted by molar-refractivity contribution is 5.20. The molecule has 5 heteroatoms. The van der Waals surface area contributed by atoms with Crippen molar-refractivity contribution in [3.05, 3.63) is 40.7 Å². The van der Waals surface area contributed by atoms with Crippen LogP contribution >= 0.6 is 0 Å². The van der Waals surface area contributed by atoms with Crippen LogP contribution in [0.15, 0.2) is 29.2 Å². The van der Waals surface area contributed by atoms with Gasteiger partial charge < -0.3 is 9.52 Å². The standard InChI is InChI=1S/C10H13NO4/c1-3-7(4-2)10(12)8-5-6-9(15-8)11(13)14/h3,5-7,10,12H,1,4H2,2H3/t7-,10+/m1/s1. The number of aliphatic hydroxyl groups excluding tert-OH is 1. The van der Waals surface area contributed by atoms with Gasteiger partial charge in [0.15, 0.2) is 0 Å². The lowest BCUT2D eigenvalue weighted by Gasteiger charge is -2.14. The fourth-order valence-electron chi connectivity index (χ4n) is 1.33. The fourth-order valence-corrected chi connectivity index (χ4v) is 1.33. The first-order chi connectivity index (χ1) is 7.10. The first-order valence-corrected chi connectivity index (χ1v) is 4.64. The van der Waals surface area contributed by atoms with Crippen molar-refractivity contribution in [2.75, 3.05) is 0 Å². The highest BCUT2D eigenvalue weighted by atomic mass is 16.6. The van der Waals surface area contributed by atoms with Crippen LogP contribution in [0.25, 0.3) is 0 Å². The van der Waals surface area contributed by atoms with Crippen molar-refractivity contribution in [2.24, 2.45) is 5.92 Å². The van der Waals surface area contributed by atoms with Gasteiger partial charge in [0.2, 0.25) is 0 Å². The lowest BCUT2D eigenvalue weighted by molar-refractivity contribution is -0.402. The Balaban J connectivity index is 2.86. The smallest absolute Gasteiger partial charge is 0.403 e. The van der Waals surface area contributed by atoms with E-state index >= 15 is 0 Å². The maximum Gasteiger partial charge on any atom is 0.433 e. The van der Waals surface area contributed by atoms with E-state index in [1.165, 1.54) is 12.1 Å². The van der Waals surface area contributed by atoms with E-state index in [0.29, 0.717) is 6.42 Å². The van der Waals surface area contributed by atoms with E-state index < -0.39 is 11.0 Å².